The normalized spacial score (nSPS) is 10.3. The van der Waals surface area contributed by atoms with Crippen LogP contribution < -0.4 is 10.1 Å². The maximum Gasteiger partial charge on any atom is 0.138 e. The fraction of sp³-hybridized carbons (Fsp3) is 0.214. The Labute approximate surface area is 106 Å². The van der Waals surface area contributed by atoms with Gasteiger partial charge in [0.15, 0.2) is 0 Å². The largest absolute Gasteiger partial charge is 0.487 e. The van der Waals surface area contributed by atoms with Crippen molar-refractivity contribution in [3.05, 3.63) is 59.7 Å². The molecule has 18 heavy (non-hydrogen) atoms. The topological polar surface area (TPSA) is 34.1 Å². The molecule has 2 rings (SSSR count). The van der Waals surface area contributed by atoms with Crippen LogP contribution in [-0.4, -0.2) is 12.0 Å². The fourth-order valence-corrected chi connectivity index (χ4v) is 1.58. The number of hydrogen-bond donors (Lipinski definition) is 1. The molecule has 2 aromatic rings. The van der Waals surface area contributed by atoms with Crippen LogP contribution in [0.1, 0.15) is 11.3 Å². The molecule has 1 N–H and O–H groups in total. The molecule has 0 aliphatic carbocycles. The lowest BCUT2D eigenvalue weighted by Gasteiger charge is -2.06. The molecule has 0 amide bonds. The Kier molecular flexibility index (Phi) is 4.25. The van der Waals surface area contributed by atoms with E-state index in [4.69, 9.17) is 4.74 Å². The van der Waals surface area contributed by atoms with E-state index >= 15 is 0 Å². The molecule has 0 bridgehead atoms. The zero-order chi connectivity index (χ0) is 12.8. The van der Waals surface area contributed by atoms with Crippen molar-refractivity contribution in [2.45, 2.75) is 13.2 Å². The minimum Gasteiger partial charge on any atom is -0.487 e. The van der Waals surface area contributed by atoms with Crippen LogP contribution in [0.5, 0.6) is 5.75 Å². The van der Waals surface area contributed by atoms with Gasteiger partial charge in [-0.1, -0.05) is 12.1 Å². The Bertz CT molecular complexity index is 499. The fourth-order valence-electron chi connectivity index (χ4n) is 1.58. The van der Waals surface area contributed by atoms with Gasteiger partial charge in [0.1, 0.15) is 18.2 Å². The summed E-state index contributed by atoms with van der Waals surface area (Å²) in [4.78, 5) is 4.24. The average molecular weight is 246 g/mol. The molecule has 0 aliphatic rings. The molecule has 4 heteroatoms. The van der Waals surface area contributed by atoms with Crippen molar-refractivity contribution in [1.29, 1.82) is 0 Å². The number of hydrogen-bond acceptors (Lipinski definition) is 3. The highest BCUT2D eigenvalue weighted by Crippen LogP contribution is 2.12. The zero-order valence-electron chi connectivity index (χ0n) is 10.2. The molecule has 0 saturated carbocycles. The van der Waals surface area contributed by atoms with E-state index in [0.29, 0.717) is 12.4 Å². The van der Waals surface area contributed by atoms with E-state index in [-0.39, 0.29) is 5.82 Å². The van der Waals surface area contributed by atoms with Gasteiger partial charge >= 0.3 is 0 Å². The van der Waals surface area contributed by atoms with Crippen molar-refractivity contribution >= 4 is 0 Å². The minimum atomic E-state index is -0.251. The van der Waals surface area contributed by atoms with E-state index in [1.54, 1.807) is 12.3 Å². The van der Waals surface area contributed by atoms with Gasteiger partial charge in [0, 0.05) is 6.54 Å². The number of rotatable bonds is 5. The van der Waals surface area contributed by atoms with Crippen molar-refractivity contribution in [1.82, 2.24) is 10.3 Å². The Hall–Kier alpha value is -1.94. The summed E-state index contributed by atoms with van der Waals surface area (Å²) in [6.45, 7) is 1.06. The van der Waals surface area contributed by atoms with Crippen molar-refractivity contribution in [3.63, 3.8) is 0 Å². The van der Waals surface area contributed by atoms with Crippen LogP contribution in [0.25, 0.3) is 0 Å². The second-order valence-electron chi connectivity index (χ2n) is 3.93. The van der Waals surface area contributed by atoms with E-state index in [2.05, 4.69) is 10.3 Å². The number of ether oxygens (including phenoxy) is 1. The molecule has 1 aromatic carbocycles. The van der Waals surface area contributed by atoms with Crippen molar-refractivity contribution in [3.8, 4) is 5.75 Å². The molecule has 0 unspecified atom stereocenters. The van der Waals surface area contributed by atoms with E-state index in [9.17, 15) is 4.39 Å². The first-order valence-corrected chi connectivity index (χ1v) is 5.74. The van der Waals surface area contributed by atoms with Crippen molar-refractivity contribution in [2.75, 3.05) is 7.05 Å². The number of halogens is 1. The molecule has 3 nitrogen and oxygen atoms in total. The molecule has 0 atom stereocenters. The predicted octanol–water partition coefficient (Wildman–Crippen LogP) is 2.52. The van der Waals surface area contributed by atoms with Gasteiger partial charge < -0.3 is 10.1 Å². The maximum absolute atomic E-state index is 13.0. The molecule has 0 radical (unpaired) electrons. The van der Waals surface area contributed by atoms with E-state index in [1.807, 2.05) is 25.2 Å². The van der Waals surface area contributed by atoms with Gasteiger partial charge in [-0.25, -0.2) is 4.39 Å². The van der Waals surface area contributed by atoms with Gasteiger partial charge in [-0.05, 0) is 36.9 Å². The number of benzene rings is 1. The average Bonchev–Trinajstić information content (AvgIpc) is 2.38. The summed E-state index contributed by atoms with van der Waals surface area (Å²) in [6.07, 6.45) is 1.67. The summed E-state index contributed by atoms with van der Waals surface area (Å²) >= 11 is 0. The van der Waals surface area contributed by atoms with Crippen LogP contribution in [0.2, 0.25) is 0 Å². The second-order valence-corrected chi connectivity index (χ2v) is 3.93. The van der Waals surface area contributed by atoms with Gasteiger partial charge in [-0.15, -0.1) is 0 Å². The van der Waals surface area contributed by atoms with Gasteiger partial charge in [0.25, 0.3) is 0 Å². The van der Waals surface area contributed by atoms with Crippen molar-refractivity contribution in [2.24, 2.45) is 0 Å². The molecular formula is C14H15FN2O. The van der Waals surface area contributed by atoms with E-state index < -0.39 is 0 Å². The molecule has 94 valence electrons. The summed E-state index contributed by atoms with van der Waals surface area (Å²) in [6, 6.07) is 10.1. The number of nitrogens with one attached hydrogen (secondary N) is 1. The van der Waals surface area contributed by atoms with Crippen molar-refractivity contribution < 1.29 is 9.13 Å². The van der Waals surface area contributed by atoms with Crippen LogP contribution in [0.15, 0.2) is 42.6 Å². The first-order chi connectivity index (χ1) is 8.78. The molecule has 1 heterocycles. The van der Waals surface area contributed by atoms with Gasteiger partial charge in [-0.3, -0.25) is 4.98 Å². The second kappa shape index (κ2) is 6.12. The number of aromatic nitrogens is 1. The highest BCUT2D eigenvalue weighted by molar-refractivity contribution is 5.21. The molecule has 0 spiro atoms. The van der Waals surface area contributed by atoms with Crippen LogP contribution in [0.4, 0.5) is 4.39 Å². The Balaban J connectivity index is 1.93. The molecule has 0 fully saturated rings. The Morgan fingerprint density at radius 3 is 2.83 bits per heavy atom. The summed E-state index contributed by atoms with van der Waals surface area (Å²) < 4.78 is 18.5. The summed E-state index contributed by atoms with van der Waals surface area (Å²) in [7, 11) is 1.87. The SMILES string of the molecule is CNCc1ccc(OCc2cccc(F)c2)cn1. The Morgan fingerprint density at radius 2 is 2.17 bits per heavy atom. The highest BCUT2D eigenvalue weighted by atomic mass is 19.1. The molecule has 0 aliphatic heterocycles. The van der Waals surface area contributed by atoms with Crippen LogP contribution in [-0.2, 0) is 13.2 Å². The smallest absolute Gasteiger partial charge is 0.138 e. The third-order valence-electron chi connectivity index (χ3n) is 2.45. The van der Waals surface area contributed by atoms with E-state index in [0.717, 1.165) is 17.8 Å². The van der Waals surface area contributed by atoms with Gasteiger partial charge in [-0.2, -0.15) is 0 Å². The summed E-state index contributed by atoms with van der Waals surface area (Å²) in [5.41, 5.74) is 1.75. The minimum absolute atomic E-state index is 0.251. The number of nitrogens with zero attached hydrogens (tertiary/aromatic N) is 1. The molecular weight excluding hydrogens is 231 g/mol. The summed E-state index contributed by atoms with van der Waals surface area (Å²) in [5.74, 6) is 0.428. The van der Waals surface area contributed by atoms with E-state index in [1.165, 1.54) is 12.1 Å². The third kappa shape index (κ3) is 3.53. The quantitative estimate of drug-likeness (QED) is 0.880. The molecule has 0 saturated heterocycles. The lowest BCUT2D eigenvalue weighted by Crippen LogP contribution is -2.06. The third-order valence-corrected chi connectivity index (χ3v) is 2.45. The number of pyridine rings is 1. The first kappa shape index (κ1) is 12.5. The molecule has 1 aromatic heterocycles. The lowest BCUT2D eigenvalue weighted by atomic mass is 10.2. The Morgan fingerprint density at radius 1 is 1.28 bits per heavy atom. The van der Waals surface area contributed by atoms with Crippen LogP contribution in [0.3, 0.4) is 0 Å². The van der Waals surface area contributed by atoms with Crippen LogP contribution >= 0.6 is 0 Å². The zero-order valence-corrected chi connectivity index (χ0v) is 10.2. The first-order valence-electron chi connectivity index (χ1n) is 5.74. The van der Waals surface area contributed by atoms with Gasteiger partial charge in [0.05, 0.1) is 11.9 Å². The predicted molar refractivity (Wildman–Crippen MR) is 67.7 cm³/mol. The summed E-state index contributed by atoms with van der Waals surface area (Å²) in [5, 5.41) is 3.02. The highest BCUT2D eigenvalue weighted by Gasteiger charge is 1.99. The monoisotopic (exact) mass is 246 g/mol. The van der Waals surface area contributed by atoms with Crippen LogP contribution in [0, 0.1) is 5.82 Å². The lowest BCUT2D eigenvalue weighted by molar-refractivity contribution is 0.304. The van der Waals surface area contributed by atoms with Gasteiger partial charge in [0.2, 0.25) is 0 Å². The standard InChI is InChI=1S/C14H15FN2O/c1-16-8-13-5-6-14(9-17-13)18-10-11-3-2-4-12(15)7-11/h2-7,9,16H,8,10H2,1H3. The maximum atomic E-state index is 13.0.